The number of aryl methyl sites for hydroxylation is 1. The number of nitrogens with zero attached hydrogens (tertiary/aromatic N) is 2. The highest BCUT2D eigenvalue weighted by molar-refractivity contribution is 7.90. The van der Waals surface area contributed by atoms with Crippen molar-refractivity contribution in [3.8, 4) is 11.3 Å². The molecule has 196 valence electrons. The van der Waals surface area contributed by atoms with Crippen molar-refractivity contribution in [1.29, 1.82) is 0 Å². The summed E-state index contributed by atoms with van der Waals surface area (Å²) in [7, 11) is -3.44. The number of fused-ring (bicyclic) bond motifs is 1. The number of aromatic nitrogens is 2. The Morgan fingerprint density at radius 3 is 2.57 bits per heavy atom. The summed E-state index contributed by atoms with van der Waals surface area (Å²) in [5, 5.41) is 11.6. The second-order valence-corrected chi connectivity index (χ2v) is 11.5. The number of sulfone groups is 1. The van der Waals surface area contributed by atoms with Crippen molar-refractivity contribution in [3.63, 3.8) is 0 Å². The van der Waals surface area contributed by atoms with Gasteiger partial charge in [0.1, 0.15) is 17.0 Å². The van der Waals surface area contributed by atoms with Crippen LogP contribution in [-0.4, -0.2) is 50.0 Å². The van der Waals surface area contributed by atoms with Crippen LogP contribution in [0.15, 0.2) is 63.9 Å². The molecule has 0 atom stereocenters. The van der Waals surface area contributed by atoms with E-state index in [0.29, 0.717) is 40.4 Å². The van der Waals surface area contributed by atoms with E-state index in [1.54, 1.807) is 22.9 Å². The molecule has 1 aliphatic rings. The number of hydrogen-bond donors (Lipinski definition) is 2. The number of benzene rings is 2. The third-order valence-electron chi connectivity index (χ3n) is 6.70. The van der Waals surface area contributed by atoms with Crippen molar-refractivity contribution < 1.29 is 17.6 Å². The minimum Gasteiger partial charge on any atom is -0.456 e. The fraction of sp³-hybridized carbons (Fsp3) is 0.357. The van der Waals surface area contributed by atoms with Gasteiger partial charge in [-0.05, 0) is 63.0 Å². The van der Waals surface area contributed by atoms with Gasteiger partial charge in [0.25, 0.3) is 5.91 Å². The lowest BCUT2D eigenvalue weighted by atomic mass is 9.98. The van der Waals surface area contributed by atoms with Crippen LogP contribution < -0.4 is 10.6 Å². The summed E-state index contributed by atoms with van der Waals surface area (Å²) in [6, 6.07) is 16.6. The van der Waals surface area contributed by atoms with E-state index >= 15 is 0 Å². The summed E-state index contributed by atoms with van der Waals surface area (Å²) in [4.78, 5) is 13.0. The van der Waals surface area contributed by atoms with Gasteiger partial charge in [0.05, 0.1) is 11.4 Å². The van der Waals surface area contributed by atoms with E-state index in [2.05, 4.69) is 15.7 Å². The SMILES string of the molecule is C.Cc1cc(C(=O)NCC2CCNCC2)nn1Cc1cc(S(C)(=O)=O)cc2cc(-c3ccccc3)oc12. The van der Waals surface area contributed by atoms with Gasteiger partial charge in [-0.1, -0.05) is 37.8 Å². The molecule has 2 N–H and O–H groups in total. The molecule has 0 aliphatic carbocycles. The van der Waals surface area contributed by atoms with Gasteiger partial charge in [0, 0.05) is 35.0 Å². The molecule has 0 saturated carbocycles. The van der Waals surface area contributed by atoms with Crippen LogP contribution in [0.5, 0.6) is 0 Å². The van der Waals surface area contributed by atoms with Crippen LogP contribution in [-0.2, 0) is 16.4 Å². The monoisotopic (exact) mass is 522 g/mol. The molecule has 0 spiro atoms. The lowest BCUT2D eigenvalue weighted by Gasteiger charge is -2.22. The molecule has 0 radical (unpaired) electrons. The molecule has 8 nitrogen and oxygen atoms in total. The highest BCUT2D eigenvalue weighted by atomic mass is 32.2. The van der Waals surface area contributed by atoms with Crippen LogP contribution in [0.2, 0.25) is 0 Å². The van der Waals surface area contributed by atoms with Crippen molar-refractivity contribution in [2.75, 3.05) is 25.9 Å². The van der Waals surface area contributed by atoms with Gasteiger partial charge < -0.3 is 15.1 Å². The van der Waals surface area contributed by atoms with Gasteiger partial charge >= 0.3 is 0 Å². The second-order valence-electron chi connectivity index (χ2n) is 9.48. The molecule has 37 heavy (non-hydrogen) atoms. The predicted octanol–water partition coefficient (Wildman–Crippen LogP) is 4.42. The predicted molar refractivity (Wildman–Crippen MR) is 145 cm³/mol. The van der Waals surface area contributed by atoms with E-state index in [9.17, 15) is 13.2 Å². The van der Waals surface area contributed by atoms with E-state index in [4.69, 9.17) is 4.42 Å². The van der Waals surface area contributed by atoms with E-state index < -0.39 is 9.84 Å². The summed E-state index contributed by atoms with van der Waals surface area (Å²) in [6.07, 6.45) is 3.29. The number of hydrogen-bond acceptors (Lipinski definition) is 6. The Morgan fingerprint density at radius 1 is 1.14 bits per heavy atom. The van der Waals surface area contributed by atoms with Crippen molar-refractivity contribution >= 4 is 26.7 Å². The Kier molecular flexibility index (Phi) is 7.85. The second kappa shape index (κ2) is 10.9. The molecule has 2 aromatic carbocycles. The molecule has 1 saturated heterocycles. The Bertz CT molecular complexity index is 1500. The van der Waals surface area contributed by atoms with E-state index in [1.165, 1.54) is 6.26 Å². The molecule has 0 unspecified atom stereocenters. The standard InChI is InChI=1S/C27H30N4O4S.CH4/c1-18-12-24(27(32)29-16-19-8-10-28-11-9-19)30-31(18)17-22-14-23(36(2,33)34)13-21-15-25(35-26(21)22)20-6-4-3-5-7-20;/h3-7,12-15,19,28H,8-11,16-17H2,1-2H3,(H,29,32);1H4. The molecular weight excluding hydrogens is 488 g/mol. The number of amides is 1. The number of carbonyl (C=O) groups excluding carboxylic acids is 1. The van der Waals surface area contributed by atoms with Crippen LogP contribution in [0.4, 0.5) is 0 Å². The van der Waals surface area contributed by atoms with Crippen LogP contribution in [0.1, 0.15) is 42.0 Å². The zero-order chi connectivity index (χ0) is 25.3. The first kappa shape index (κ1) is 26.6. The van der Waals surface area contributed by atoms with E-state index in [0.717, 1.165) is 37.2 Å². The van der Waals surface area contributed by atoms with Crippen molar-refractivity contribution in [2.24, 2.45) is 5.92 Å². The minimum absolute atomic E-state index is 0. The van der Waals surface area contributed by atoms with Crippen molar-refractivity contribution in [2.45, 2.75) is 38.6 Å². The fourth-order valence-corrected chi connectivity index (χ4v) is 5.33. The van der Waals surface area contributed by atoms with Gasteiger partial charge in [-0.2, -0.15) is 5.10 Å². The molecule has 1 aliphatic heterocycles. The highest BCUT2D eigenvalue weighted by Crippen LogP contribution is 2.32. The molecule has 0 bridgehead atoms. The van der Waals surface area contributed by atoms with Gasteiger partial charge in [-0.25, -0.2) is 8.42 Å². The van der Waals surface area contributed by atoms with Gasteiger partial charge in [0.2, 0.25) is 0 Å². The summed E-state index contributed by atoms with van der Waals surface area (Å²) < 4.78 is 32.7. The Hall–Kier alpha value is -3.43. The molecule has 3 heterocycles. The smallest absolute Gasteiger partial charge is 0.271 e. The number of furan rings is 1. The van der Waals surface area contributed by atoms with E-state index in [1.807, 2.05) is 43.3 Å². The Morgan fingerprint density at radius 2 is 1.86 bits per heavy atom. The molecular formula is C28H34N4O4S. The first-order valence-corrected chi connectivity index (χ1v) is 14.0. The molecule has 5 rings (SSSR count). The highest BCUT2D eigenvalue weighted by Gasteiger charge is 2.20. The van der Waals surface area contributed by atoms with Crippen molar-refractivity contribution in [3.05, 3.63) is 71.5 Å². The van der Waals surface area contributed by atoms with Gasteiger partial charge in [-0.15, -0.1) is 0 Å². The maximum absolute atomic E-state index is 12.8. The third kappa shape index (κ3) is 5.94. The quantitative estimate of drug-likeness (QED) is 0.372. The fourth-order valence-electron chi connectivity index (χ4n) is 4.63. The zero-order valence-electron chi connectivity index (χ0n) is 20.5. The minimum atomic E-state index is -3.44. The van der Waals surface area contributed by atoms with Gasteiger partial charge in [-0.3, -0.25) is 9.48 Å². The number of piperidine rings is 1. The molecule has 1 fully saturated rings. The van der Waals surface area contributed by atoms with Crippen LogP contribution in [0, 0.1) is 12.8 Å². The maximum atomic E-state index is 12.8. The average Bonchev–Trinajstić information content (AvgIpc) is 3.47. The normalized spacial score (nSPS) is 14.4. The molecule has 4 aromatic rings. The largest absolute Gasteiger partial charge is 0.456 e. The molecule has 9 heteroatoms. The summed E-state index contributed by atoms with van der Waals surface area (Å²) >= 11 is 0. The van der Waals surface area contributed by atoms with Crippen molar-refractivity contribution in [1.82, 2.24) is 20.4 Å². The lowest BCUT2D eigenvalue weighted by Crippen LogP contribution is -2.36. The van der Waals surface area contributed by atoms with Crippen LogP contribution in [0.3, 0.4) is 0 Å². The molecule has 2 aromatic heterocycles. The Balaban J connectivity index is 0.00000320. The summed E-state index contributed by atoms with van der Waals surface area (Å²) in [5.41, 5.74) is 3.34. The first-order valence-electron chi connectivity index (χ1n) is 12.1. The summed E-state index contributed by atoms with van der Waals surface area (Å²) in [5.74, 6) is 0.936. The third-order valence-corrected chi connectivity index (χ3v) is 7.79. The topological polar surface area (TPSA) is 106 Å². The zero-order valence-corrected chi connectivity index (χ0v) is 21.3. The molecule has 1 amide bonds. The number of nitrogens with one attached hydrogen (secondary N) is 2. The maximum Gasteiger partial charge on any atom is 0.271 e. The van der Waals surface area contributed by atoms with E-state index in [-0.39, 0.29) is 24.8 Å². The van der Waals surface area contributed by atoms with Crippen LogP contribution >= 0.6 is 0 Å². The number of carbonyl (C=O) groups is 1. The summed E-state index contributed by atoms with van der Waals surface area (Å²) in [6.45, 7) is 4.75. The lowest BCUT2D eigenvalue weighted by molar-refractivity contribution is 0.0938. The average molecular weight is 523 g/mol. The Labute approximate surface area is 218 Å². The number of rotatable bonds is 7. The first-order chi connectivity index (χ1) is 17.3. The van der Waals surface area contributed by atoms with Crippen LogP contribution in [0.25, 0.3) is 22.3 Å². The van der Waals surface area contributed by atoms with Gasteiger partial charge in [0.15, 0.2) is 9.84 Å².